The topological polar surface area (TPSA) is 9.86 Å². The first-order chi connectivity index (χ1) is 18.3. The molecule has 0 saturated heterocycles. The molecule has 37 heavy (non-hydrogen) atoms. The molecule has 0 aliphatic heterocycles. The van der Waals surface area contributed by atoms with Crippen LogP contribution >= 0.6 is 15.9 Å². The summed E-state index contributed by atoms with van der Waals surface area (Å²) in [5.74, 6) is 0. The number of aromatic nitrogens is 2. The van der Waals surface area contributed by atoms with Crippen LogP contribution in [0.5, 0.6) is 0 Å². The lowest BCUT2D eigenvalue weighted by Gasteiger charge is -2.16. The first kappa shape index (κ1) is 20.8. The second kappa shape index (κ2) is 7.83. The molecule has 3 heteroatoms. The van der Waals surface area contributed by atoms with E-state index < -0.39 is 0 Å². The average molecular weight is 537 g/mol. The molecular weight excluding hydrogens is 516 g/mol. The minimum Gasteiger partial charge on any atom is -0.308 e. The SMILES string of the molecule is Brc1c(-n2c3ccccc3c3ccccc32)cccc1-n1c2ccccc2c2c3ccccc3ccc21. The van der Waals surface area contributed by atoms with Crippen molar-refractivity contribution in [1.29, 1.82) is 0 Å². The van der Waals surface area contributed by atoms with Gasteiger partial charge in [-0.1, -0.05) is 91.0 Å². The summed E-state index contributed by atoms with van der Waals surface area (Å²) in [7, 11) is 0. The molecule has 8 rings (SSSR count). The molecule has 2 aromatic heterocycles. The van der Waals surface area contributed by atoms with E-state index in [0.29, 0.717) is 0 Å². The summed E-state index contributed by atoms with van der Waals surface area (Å²) < 4.78 is 5.84. The van der Waals surface area contributed by atoms with Crippen LogP contribution in [0.3, 0.4) is 0 Å². The number of para-hydroxylation sites is 3. The second-order valence-electron chi connectivity index (χ2n) is 9.51. The van der Waals surface area contributed by atoms with Crippen molar-refractivity contribution >= 4 is 70.3 Å². The van der Waals surface area contributed by atoms with E-state index in [1.54, 1.807) is 0 Å². The lowest BCUT2D eigenvalue weighted by molar-refractivity contribution is 1.12. The van der Waals surface area contributed by atoms with E-state index in [-0.39, 0.29) is 0 Å². The van der Waals surface area contributed by atoms with Gasteiger partial charge in [-0.3, -0.25) is 0 Å². The third-order valence-electron chi connectivity index (χ3n) is 7.58. The van der Waals surface area contributed by atoms with Gasteiger partial charge < -0.3 is 9.13 Å². The Hall–Kier alpha value is -4.34. The Morgan fingerprint density at radius 2 is 0.865 bits per heavy atom. The predicted molar refractivity (Wildman–Crippen MR) is 160 cm³/mol. The molecule has 0 aliphatic rings. The zero-order chi connectivity index (χ0) is 24.5. The van der Waals surface area contributed by atoms with E-state index in [4.69, 9.17) is 0 Å². The van der Waals surface area contributed by atoms with Crippen LogP contribution in [-0.4, -0.2) is 9.13 Å². The molecule has 0 unspecified atom stereocenters. The summed E-state index contributed by atoms with van der Waals surface area (Å²) in [6, 6.07) is 45.8. The molecule has 174 valence electrons. The number of hydrogen-bond acceptors (Lipinski definition) is 0. The maximum atomic E-state index is 4.08. The molecule has 0 aliphatic carbocycles. The molecule has 0 amide bonds. The monoisotopic (exact) mass is 536 g/mol. The lowest BCUT2D eigenvalue weighted by atomic mass is 10.0. The molecule has 2 nitrogen and oxygen atoms in total. The van der Waals surface area contributed by atoms with Crippen molar-refractivity contribution in [3.8, 4) is 11.4 Å². The van der Waals surface area contributed by atoms with E-state index in [9.17, 15) is 0 Å². The quantitative estimate of drug-likeness (QED) is 0.208. The largest absolute Gasteiger partial charge is 0.308 e. The number of nitrogens with zero attached hydrogens (tertiary/aromatic N) is 2. The third-order valence-corrected chi connectivity index (χ3v) is 8.39. The van der Waals surface area contributed by atoms with Crippen LogP contribution in [0.2, 0.25) is 0 Å². The van der Waals surface area contributed by atoms with Gasteiger partial charge in [0, 0.05) is 21.5 Å². The van der Waals surface area contributed by atoms with Crippen molar-refractivity contribution in [2.24, 2.45) is 0 Å². The van der Waals surface area contributed by atoms with E-state index in [2.05, 4.69) is 152 Å². The summed E-state index contributed by atoms with van der Waals surface area (Å²) in [6.45, 7) is 0. The fraction of sp³-hybridized carbons (Fsp3) is 0. The normalized spacial score (nSPS) is 11.9. The Morgan fingerprint density at radius 1 is 0.378 bits per heavy atom. The highest BCUT2D eigenvalue weighted by molar-refractivity contribution is 9.10. The molecule has 6 aromatic carbocycles. The van der Waals surface area contributed by atoms with Gasteiger partial charge in [0.25, 0.3) is 0 Å². The smallest absolute Gasteiger partial charge is 0.0656 e. The highest BCUT2D eigenvalue weighted by atomic mass is 79.9. The highest BCUT2D eigenvalue weighted by Gasteiger charge is 2.19. The van der Waals surface area contributed by atoms with E-state index in [1.807, 2.05) is 0 Å². The van der Waals surface area contributed by atoms with Gasteiger partial charge in [-0.05, 0) is 63.1 Å². The predicted octanol–water partition coefficient (Wildman–Crippen LogP) is 9.80. The molecule has 2 heterocycles. The van der Waals surface area contributed by atoms with Crippen molar-refractivity contribution in [3.05, 3.63) is 132 Å². The number of hydrogen-bond donors (Lipinski definition) is 0. The molecule has 0 radical (unpaired) electrons. The Labute approximate surface area is 222 Å². The van der Waals surface area contributed by atoms with Gasteiger partial charge in [0.2, 0.25) is 0 Å². The zero-order valence-corrected chi connectivity index (χ0v) is 21.5. The van der Waals surface area contributed by atoms with Crippen LogP contribution < -0.4 is 0 Å². The van der Waals surface area contributed by atoms with Gasteiger partial charge in [-0.15, -0.1) is 0 Å². The number of fused-ring (bicyclic) bond motifs is 8. The average Bonchev–Trinajstić information content (AvgIpc) is 3.47. The molecule has 0 atom stereocenters. The van der Waals surface area contributed by atoms with Gasteiger partial charge >= 0.3 is 0 Å². The molecule has 0 spiro atoms. The molecule has 0 N–H and O–H groups in total. The maximum absolute atomic E-state index is 4.08. The summed E-state index contributed by atoms with van der Waals surface area (Å²) in [6.07, 6.45) is 0. The minimum absolute atomic E-state index is 1.07. The third kappa shape index (κ3) is 2.86. The fourth-order valence-corrected chi connectivity index (χ4v) is 6.65. The number of halogens is 1. The molecule has 0 saturated carbocycles. The van der Waals surface area contributed by atoms with Gasteiger partial charge in [-0.25, -0.2) is 0 Å². The first-order valence-corrected chi connectivity index (χ1v) is 13.3. The van der Waals surface area contributed by atoms with Crippen LogP contribution in [-0.2, 0) is 0 Å². The first-order valence-electron chi connectivity index (χ1n) is 12.5. The van der Waals surface area contributed by atoms with Crippen molar-refractivity contribution in [1.82, 2.24) is 9.13 Å². The Bertz CT molecular complexity index is 2110. The molecule has 0 bridgehead atoms. The lowest BCUT2D eigenvalue weighted by Crippen LogP contribution is -2.01. The van der Waals surface area contributed by atoms with Gasteiger partial charge in [0.15, 0.2) is 0 Å². The zero-order valence-electron chi connectivity index (χ0n) is 19.9. The van der Waals surface area contributed by atoms with Crippen molar-refractivity contribution in [3.63, 3.8) is 0 Å². The standard InChI is InChI=1S/C34H21BrN2/c35-34-31(36-27-15-6-3-12-24(27)25-13-4-7-16-28(25)36)18-9-19-32(34)37-29-17-8-5-14-26(29)33-23-11-2-1-10-22(23)20-21-30(33)37/h1-21H. The van der Waals surface area contributed by atoms with E-state index in [0.717, 1.165) is 15.8 Å². The van der Waals surface area contributed by atoms with Crippen LogP contribution in [0.25, 0.3) is 65.8 Å². The van der Waals surface area contributed by atoms with Crippen LogP contribution in [0.4, 0.5) is 0 Å². The molecule has 8 aromatic rings. The van der Waals surface area contributed by atoms with Crippen molar-refractivity contribution in [2.45, 2.75) is 0 Å². The maximum Gasteiger partial charge on any atom is 0.0656 e. The Kier molecular flexibility index (Phi) is 4.40. The van der Waals surface area contributed by atoms with Crippen molar-refractivity contribution < 1.29 is 0 Å². The van der Waals surface area contributed by atoms with E-state index >= 15 is 0 Å². The van der Waals surface area contributed by atoms with E-state index in [1.165, 1.54) is 54.4 Å². The fourth-order valence-electron chi connectivity index (χ4n) is 6.03. The van der Waals surface area contributed by atoms with Gasteiger partial charge in [0.05, 0.1) is 37.9 Å². The molecule has 0 fully saturated rings. The number of rotatable bonds is 2. The van der Waals surface area contributed by atoms with Crippen LogP contribution in [0.15, 0.2) is 132 Å². The summed E-state index contributed by atoms with van der Waals surface area (Å²) in [5, 5.41) is 7.63. The van der Waals surface area contributed by atoms with Crippen LogP contribution in [0.1, 0.15) is 0 Å². The summed E-state index contributed by atoms with van der Waals surface area (Å²) in [5.41, 5.74) is 7.07. The Balaban J connectivity index is 1.49. The minimum atomic E-state index is 1.07. The van der Waals surface area contributed by atoms with Crippen LogP contribution in [0, 0.1) is 0 Å². The van der Waals surface area contributed by atoms with Gasteiger partial charge in [0.1, 0.15) is 0 Å². The molecular formula is C34H21BrN2. The second-order valence-corrected chi connectivity index (χ2v) is 10.3. The Morgan fingerprint density at radius 3 is 1.51 bits per heavy atom. The highest BCUT2D eigenvalue weighted by Crippen LogP contribution is 2.41. The summed E-state index contributed by atoms with van der Waals surface area (Å²) >= 11 is 4.08. The summed E-state index contributed by atoms with van der Waals surface area (Å²) in [4.78, 5) is 0. The van der Waals surface area contributed by atoms with Gasteiger partial charge in [-0.2, -0.15) is 0 Å². The number of benzene rings is 6. The van der Waals surface area contributed by atoms with Crippen molar-refractivity contribution in [2.75, 3.05) is 0 Å².